The fraction of sp³-hybridized carbons (Fsp3) is 0.267. The highest BCUT2D eigenvalue weighted by atomic mass is 16.3. The van der Waals surface area contributed by atoms with E-state index in [1.165, 1.54) is 0 Å². The highest BCUT2D eigenvalue weighted by molar-refractivity contribution is 5.77. The molecule has 1 N–H and O–H groups in total. The SMILES string of the molecule is CCNC(c1cc2ccccc2o1)c1ccnn1C. The molecule has 2 heterocycles. The van der Waals surface area contributed by atoms with Crippen molar-refractivity contribution in [3.63, 3.8) is 0 Å². The van der Waals surface area contributed by atoms with Gasteiger partial charge in [0.25, 0.3) is 0 Å². The van der Waals surface area contributed by atoms with Crippen LogP contribution in [0, 0.1) is 0 Å². The first-order valence-corrected chi connectivity index (χ1v) is 6.49. The molecule has 0 aliphatic rings. The third kappa shape index (κ3) is 2.15. The van der Waals surface area contributed by atoms with Crippen LogP contribution in [0.2, 0.25) is 0 Å². The molecule has 0 aliphatic heterocycles. The van der Waals surface area contributed by atoms with E-state index in [2.05, 4.69) is 29.5 Å². The minimum absolute atomic E-state index is 0.0323. The molecule has 0 amide bonds. The number of nitrogens with zero attached hydrogens (tertiary/aromatic N) is 2. The van der Waals surface area contributed by atoms with E-state index in [1.54, 1.807) is 0 Å². The molecule has 1 atom stereocenters. The Kier molecular flexibility index (Phi) is 3.09. The summed E-state index contributed by atoms with van der Waals surface area (Å²) in [6.07, 6.45) is 1.81. The number of fused-ring (bicyclic) bond motifs is 1. The van der Waals surface area contributed by atoms with Gasteiger partial charge in [0.2, 0.25) is 0 Å². The molecule has 2 aromatic heterocycles. The fourth-order valence-corrected chi connectivity index (χ4v) is 2.37. The van der Waals surface area contributed by atoms with E-state index in [0.717, 1.165) is 29.0 Å². The van der Waals surface area contributed by atoms with Gasteiger partial charge in [-0.1, -0.05) is 25.1 Å². The summed E-state index contributed by atoms with van der Waals surface area (Å²) < 4.78 is 7.83. The minimum Gasteiger partial charge on any atom is -0.459 e. The summed E-state index contributed by atoms with van der Waals surface area (Å²) in [5, 5.41) is 8.81. The van der Waals surface area contributed by atoms with Crippen molar-refractivity contribution in [2.24, 2.45) is 7.05 Å². The summed E-state index contributed by atoms with van der Waals surface area (Å²) in [7, 11) is 1.95. The first-order chi connectivity index (χ1) is 9.29. The third-order valence-electron chi connectivity index (χ3n) is 3.29. The van der Waals surface area contributed by atoms with Gasteiger partial charge in [0, 0.05) is 18.6 Å². The van der Waals surface area contributed by atoms with E-state index in [0.29, 0.717) is 0 Å². The van der Waals surface area contributed by atoms with E-state index in [4.69, 9.17) is 4.42 Å². The predicted octanol–water partition coefficient (Wildman–Crippen LogP) is 2.87. The lowest BCUT2D eigenvalue weighted by atomic mass is 10.1. The van der Waals surface area contributed by atoms with E-state index < -0.39 is 0 Å². The smallest absolute Gasteiger partial charge is 0.134 e. The molecule has 0 aliphatic carbocycles. The van der Waals surface area contributed by atoms with Crippen LogP contribution >= 0.6 is 0 Å². The van der Waals surface area contributed by atoms with Gasteiger partial charge in [0.1, 0.15) is 17.4 Å². The Labute approximate surface area is 112 Å². The van der Waals surface area contributed by atoms with Crippen molar-refractivity contribution in [2.45, 2.75) is 13.0 Å². The van der Waals surface area contributed by atoms with Crippen LogP contribution in [0.5, 0.6) is 0 Å². The van der Waals surface area contributed by atoms with Gasteiger partial charge in [-0.3, -0.25) is 4.68 Å². The second kappa shape index (κ2) is 4.90. The molecule has 4 heteroatoms. The average molecular weight is 255 g/mol. The minimum atomic E-state index is 0.0323. The van der Waals surface area contributed by atoms with Crippen LogP contribution in [0.15, 0.2) is 47.0 Å². The van der Waals surface area contributed by atoms with Crippen molar-refractivity contribution in [3.05, 3.63) is 54.0 Å². The van der Waals surface area contributed by atoms with Crippen molar-refractivity contribution < 1.29 is 4.42 Å². The Morgan fingerprint density at radius 2 is 2.16 bits per heavy atom. The second-order valence-electron chi connectivity index (χ2n) is 4.56. The summed E-state index contributed by atoms with van der Waals surface area (Å²) in [6, 6.07) is 12.2. The Morgan fingerprint density at radius 3 is 2.84 bits per heavy atom. The first kappa shape index (κ1) is 12.0. The zero-order valence-corrected chi connectivity index (χ0v) is 11.1. The third-order valence-corrected chi connectivity index (χ3v) is 3.29. The van der Waals surface area contributed by atoms with Crippen molar-refractivity contribution in [1.82, 2.24) is 15.1 Å². The molecule has 19 heavy (non-hydrogen) atoms. The zero-order chi connectivity index (χ0) is 13.2. The van der Waals surface area contributed by atoms with Gasteiger partial charge in [-0.05, 0) is 24.7 Å². The number of furan rings is 1. The number of hydrogen-bond donors (Lipinski definition) is 1. The van der Waals surface area contributed by atoms with E-state index in [1.807, 2.05) is 42.2 Å². The van der Waals surface area contributed by atoms with Crippen molar-refractivity contribution in [1.29, 1.82) is 0 Å². The molecule has 1 aromatic carbocycles. The normalized spacial score (nSPS) is 12.9. The molecule has 0 saturated carbocycles. The van der Waals surface area contributed by atoms with Gasteiger partial charge in [0.15, 0.2) is 0 Å². The van der Waals surface area contributed by atoms with Crippen LogP contribution < -0.4 is 5.32 Å². The lowest BCUT2D eigenvalue weighted by molar-refractivity contribution is 0.459. The quantitative estimate of drug-likeness (QED) is 0.779. The highest BCUT2D eigenvalue weighted by Crippen LogP contribution is 2.27. The molecule has 0 radical (unpaired) electrons. The van der Waals surface area contributed by atoms with Crippen molar-refractivity contribution >= 4 is 11.0 Å². The van der Waals surface area contributed by atoms with E-state index >= 15 is 0 Å². The molecule has 0 bridgehead atoms. The summed E-state index contributed by atoms with van der Waals surface area (Å²) in [4.78, 5) is 0. The monoisotopic (exact) mass is 255 g/mol. The number of benzene rings is 1. The Bertz CT molecular complexity index is 650. The van der Waals surface area contributed by atoms with E-state index in [9.17, 15) is 0 Å². The Balaban J connectivity index is 2.07. The molecule has 3 aromatic rings. The average Bonchev–Trinajstić information content (AvgIpc) is 3.02. The van der Waals surface area contributed by atoms with Gasteiger partial charge in [-0.2, -0.15) is 5.10 Å². The molecular formula is C15H17N3O. The molecule has 1 unspecified atom stereocenters. The summed E-state index contributed by atoms with van der Waals surface area (Å²) in [6.45, 7) is 2.96. The fourth-order valence-electron chi connectivity index (χ4n) is 2.37. The van der Waals surface area contributed by atoms with Crippen LogP contribution in [0.25, 0.3) is 11.0 Å². The summed E-state index contributed by atoms with van der Waals surface area (Å²) >= 11 is 0. The molecular weight excluding hydrogens is 238 g/mol. The van der Waals surface area contributed by atoms with Gasteiger partial charge in [0.05, 0.1) is 5.69 Å². The number of para-hydroxylation sites is 1. The zero-order valence-electron chi connectivity index (χ0n) is 11.1. The largest absolute Gasteiger partial charge is 0.459 e. The molecule has 4 nitrogen and oxygen atoms in total. The summed E-state index contributed by atoms with van der Waals surface area (Å²) in [5.41, 5.74) is 2.02. The second-order valence-corrected chi connectivity index (χ2v) is 4.56. The summed E-state index contributed by atoms with van der Waals surface area (Å²) in [5.74, 6) is 0.923. The number of aryl methyl sites for hydroxylation is 1. The predicted molar refractivity (Wildman–Crippen MR) is 74.9 cm³/mol. The van der Waals surface area contributed by atoms with Crippen LogP contribution in [0.4, 0.5) is 0 Å². The van der Waals surface area contributed by atoms with Gasteiger partial charge < -0.3 is 9.73 Å². The molecule has 3 rings (SSSR count). The van der Waals surface area contributed by atoms with Gasteiger partial charge in [-0.15, -0.1) is 0 Å². The number of nitrogens with one attached hydrogen (secondary N) is 1. The maximum atomic E-state index is 5.96. The Morgan fingerprint density at radius 1 is 1.32 bits per heavy atom. The van der Waals surface area contributed by atoms with Crippen LogP contribution in [-0.2, 0) is 7.05 Å². The maximum absolute atomic E-state index is 5.96. The highest BCUT2D eigenvalue weighted by Gasteiger charge is 2.20. The van der Waals surface area contributed by atoms with Gasteiger partial charge >= 0.3 is 0 Å². The first-order valence-electron chi connectivity index (χ1n) is 6.49. The lowest BCUT2D eigenvalue weighted by Gasteiger charge is -2.15. The van der Waals surface area contributed by atoms with Crippen LogP contribution in [-0.4, -0.2) is 16.3 Å². The molecule has 98 valence electrons. The standard InChI is InChI=1S/C15H17N3O/c1-3-16-15(12-8-9-17-18(12)2)14-10-11-6-4-5-7-13(11)19-14/h4-10,15-16H,3H2,1-2H3. The van der Waals surface area contributed by atoms with Crippen molar-refractivity contribution in [2.75, 3.05) is 6.54 Å². The lowest BCUT2D eigenvalue weighted by Crippen LogP contribution is -2.23. The van der Waals surface area contributed by atoms with E-state index in [-0.39, 0.29) is 6.04 Å². The molecule has 0 spiro atoms. The van der Waals surface area contributed by atoms with Crippen molar-refractivity contribution in [3.8, 4) is 0 Å². The number of hydrogen-bond acceptors (Lipinski definition) is 3. The topological polar surface area (TPSA) is 43.0 Å². The molecule has 0 fully saturated rings. The van der Waals surface area contributed by atoms with Crippen LogP contribution in [0.1, 0.15) is 24.4 Å². The van der Waals surface area contributed by atoms with Gasteiger partial charge in [-0.25, -0.2) is 0 Å². The maximum Gasteiger partial charge on any atom is 0.134 e. The number of rotatable bonds is 4. The molecule has 0 saturated heterocycles. The Hall–Kier alpha value is -2.07. The number of aromatic nitrogens is 2. The van der Waals surface area contributed by atoms with Crippen LogP contribution in [0.3, 0.4) is 0 Å².